The minimum atomic E-state index is -0.338. The molecule has 6 heteroatoms. The number of aromatic nitrogens is 2. The van der Waals surface area contributed by atoms with Gasteiger partial charge in [0, 0.05) is 6.42 Å². The van der Waals surface area contributed by atoms with Crippen LogP contribution in [0.15, 0.2) is 18.2 Å². The molecule has 1 aliphatic heterocycles. The molecular formula is C14H16N2O4. The van der Waals surface area contributed by atoms with E-state index in [0.717, 1.165) is 17.5 Å². The Kier molecular flexibility index (Phi) is 3.56. The average Bonchev–Trinajstić information content (AvgIpc) is 3.06. The van der Waals surface area contributed by atoms with Gasteiger partial charge in [-0.2, -0.15) is 4.98 Å². The Morgan fingerprint density at radius 2 is 2.45 bits per heavy atom. The van der Waals surface area contributed by atoms with E-state index in [1.807, 2.05) is 6.92 Å². The van der Waals surface area contributed by atoms with E-state index in [1.54, 1.807) is 18.2 Å². The molecule has 1 atom stereocenters. The van der Waals surface area contributed by atoms with Gasteiger partial charge in [0.25, 0.3) is 6.01 Å². The monoisotopic (exact) mass is 276 g/mol. The third-order valence-electron chi connectivity index (χ3n) is 3.14. The summed E-state index contributed by atoms with van der Waals surface area (Å²) < 4.78 is 15.9. The minimum Gasteiger partial charge on any atom is -0.465 e. The second-order valence-electron chi connectivity index (χ2n) is 4.60. The van der Waals surface area contributed by atoms with Gasteiger partial charge in [0.15, 0.2) is 0 Å². The predicted molar refractivity (Wildman–Crippen MR) is 71.9 cm³/mol. The number of nitrogens with zero attached hydrogens (tertiary/aromatic N) is 1. The first-order chi connectivity index (χ1) is 9.76. The van der Waals surface area contributed by atoms with Crippen molar-refractivity contribution < 1.29 is 19.0 Å². The Balaban J connectivity index is 1.78. The van der Waals surface area contributed by atoms with Crippen LogP contribution in [-0.4, -0.2) is 41.9 Å². The topological polar surface area (TPSA) is 73.4 Å². The first-order valence-electron chi connectivity index (χ1n) is 6.67. The quantitative estimate of drug-likeness (QED) is 0.863. The lowest BCUT2D eigenvalue weighted by molar-refractivity contribution is 0.0271. The van der Waals surface area contributed by atoms with Gasteiger partial charge in [-0.05, 0) is 25.1 Å². The van der Waals surface area contributed by atoms with Crippen LogP contribution in [0.5, 0.6) is 6.01 Å². The smallest absolute Gasteiger partial charge is 0.338 e. The number of rotatable bonds is 4. The summed E-state index contributed by atoms with van der Waals surface area (Å²) in [5.41, 5.74) is 2.01. The molecule has 0 unspecified atom stereocenters. The van der Waals surface area contributed by atoms with Gasteiger partial charge in [0.2, 0.25) is 0 Å². The Bertz CT molecular complexity index is 617. The number of carbonyl (C=O) groups excluding carboxylic acids is 1. The van der Waals surface area contributed by atoms with Gasteiger partial charge in [-0.1, -0.05) is 0 Å². The molecule has 0 spiro atoms. The number of H-pyrrole nitrogens is 1. The molecule has 106 valence electrons. The molecule has 1 aromatic carbocycles. The number of hydrogen-bond acceptors (Lipinski definition) is 5. The van der Waals surface area contributed by atoms with E-state index >= 15 is 0 Å². The summed E-state index contributed by atoms with van der Waals surface area (Å²) in [6.07, 6.45) is 0.617. The van der Waals surface area contributed by atoms with E-state index in [-0.39, 0.29) is 12.1 Å². The molecule has 0 saturated carbocycles. The van der Waals surface area contributed by atoms with E-state index in [1.165, 1.54) is 0 Å². The van der Waals surface area contributed by atoms with Gasteiger partial charge in [0.05, 0.1) is 36.4 Å². The minimum absolute atomic E-state index is 0.140. The van der Waals surface area contributed by atoms with Crippen LogP contribution in [0.3, 0.4) is 0 Å². The number of aromatic amines is 1. The van der Waals surface area contributed by atoms with Crippen molar-refractivity contribution in [1.29, 1.82) is 0 Å². The molecule has 1 aliphatic rings. The van der Waals surface area contributed by atoms with Crippen molar-refractivity contribution in [1.82, 2.24) is 9.97 Å². The van der Waals surface area contributed by atoms with Crippen molar-refractivity contribution in [2.24, 2.45) is 0 Å². The number of hydrogen-bond donors (Lipinski definition) is 1. The molecule has 2 heterocycles. The largest absolute Gasteiger partial charge is 0.465 e. The zero-order valence-electron chi connectivity index (χ0n) is 11.2. The van der Waals surface area contributed by atoms with Crippen molar-refractivity contribution in [3.05, 3.63) is 23.8 Å². The van der Waals surface area contributed by atoms with Gasteiger partial charge in [-0.3, -0.25) is 0 Å². The van der Waals surface area contributed by atoms with E-state index < -0.39 is 0 Å². The number of nitrogens with one attached hydrogen (secondary N) is 1. The number of ether oxygens (including phenoxy) is 3. The molecule has 0 bridgehead atoms. The third-order valence-corrected chi connectivity index (χ3v) is 3.14. The predicted octanol–water partition coefficient (Wildman–Crippen LogP) is 1.91. The molecule has 1 saturated heterocycles. The lowest BCUT2D eigenvalue weighted by atomic mass is 10.2. The van der Waals surface area contributed by atoms with Gasteiger partial charge >= 0.3 is 5.97 Å². The zero-order valence-corrected chi connectivity index (χ0v) is 11.2. The van der Waals surface area contributed by atoms with Crippen LogP contribution >= 0.6 is 0 Å². The van der Waals surface area contributed by atoms with Crippen LogP contribution in [0.25, 0.3) is 11.0 Å². The number of carbonyl (C=O) groups is 1. The SMILES string of the molecule is CCOc1nc2ccc(C(=O)O[C@H]3CCOC3)cc2[nH]1. The van der Waals surface area contributed by atoms with Crippen molar-refractivity contribution in [2.75, 3.05) is 19.8 Å². The lowest BCUT2D eigenvalue weighted by Gasteiger charge is -2.09. The van der Waals surface area contributed by atoms with E-state index in [2.05, 4.69) is 9.97 Å². The number of esters is 1. The fourth-order valence-corrected chi connectivity index (χ4v) is 2.14. The van der Waals surface area contributed by atoms with E-state index in [0.29, 0.717) is 31.4 Å². The third kappa shape index (κ3) is 2.60. The standard InChI is InChI=1S/C14H16N2O4/c1-2-19-14-15-11-4-3-9(7-12(11)16-14)13(17)20-10-5-6-18-8-10/h3-4,7,10H,2,5-6,8H2,1H3,(H,15,16)/t10-/m0/s1. The molecule has 0 radical (unpaired) electrons. The molecular weight excluding hydrogens is 260 g/mol. The van der Waals surface area contributed by atoms with Crippen molar-refractivity contribution >= 4 is 17.0 Å². The Hall–Kier alpha value is -2.08. The fraction of sp³-hybridized carbons (Fsp3) is 0.429. The second kappa shape index (κ2) is 5.50. The van der Waals surface area contributed by atoms with Crippen molar-refractivity contribution in [3.63, 3.8) is 0 Å². The van der Waals surface area contributed by atoms with Crippen molar-refractivity contribution in [3.8, 4) is 6.01 Å². The van der Waals surface area contributed by atoms with Crippen LogP contribution in [0.2, 0.25) is 0 Å². The van der Waals surface area contributed by atoms with E-state index in [9.17, 15) is 4.79 Å². The van der Waals surface area contributed by atoms with Crippen molar-refractivity contribution in [2.45, 2.75) is 19.4 Å². The van der Waals surface area contributed by atoms with Gasteiger partial charge in [-0.25, -0.2) is 4.79 Å². The van der Waals surface area contributed by atoms with Crippen LogP contribution in [0, 0.1) is 0 Å². The molecule has 0 amide bonds. The van der Waals surface area contributed by atoms with Crippen LogP contribution in [0.4, 0.5) is 0 Å². The molecule has 1 aromatic heterocycles. The van der Waals surface area contributed by atoms with Crippen LogP contribution in [0.1, 0.15) is 23.7 Å². The highest BCUT2D eigenvalue weighted by Crippen LogP contribution is 2.19. The molecule has 6 nitrogen and oxygen atoms in total. The summed E-state index contributed by atoms with van der Waals surface area (Å²) >= 11 is 0. The Labute approximate surface area is 116 Å². The molecule has 3 rings (SSSR count). The number of imidazole rings is 1. The highest BCUT2D eigenvalue weighted by molar-refractivity contribution is 5.93. The molecule has 20 heavy (non-hydrogen) atoms. The summed E-state index contributed by atoms with van der Waals surface area (Å²) in [7, 11) is 0. The molecule has 2 aromatic rings. The summed E-state index contributed by atoms with van der Waals surface area (Å²) in [4.78, 5) is 19.3. The normalized spacial score (nSPS) is 18.4. The number of benzene rings is 1. The first-order valence-corrected chi connectivity index (χ1v) is 6.67. The average molecular weight is 276 g/mol. The van der Waals surface area contributed by atoms with Crippen LogP contribution in [-0.2, 0) is 9.47 Å². The molecule has 1 fully saturated rings. The highest BCUT2D eigenvalue weighted by atomic mass is 16.6. The van der Waals surface area contributed by atoms with Gasteiger partial charge < -0.3 is 19.2 Å². The number of fused-ring (bicyclic) bond motifs is 1. The maximum absolute atomic E-state index is 12.0. The Morgan fingerprint density at radius 1 is 1.55 bits per heavy atom. The maximum atomic E-state index is 12.0. The summed E-state index contributed by atoms with van der Waals surface area (Å²) in [5, 5.41) is 0. The maximum Gasteiger partial charge on any atom is 0.338 e. The lowest BCUT2D eigenvalue weighted by Crippen LogP contribution is -2.18. The molecule has 0 aliphatic carbocycles. The van der Waals surface area contributed by atoms with Gasteiger partial charge in [-0.15, -0.1) is 0 Å². The summed E-state index contributed by atoms with van der Waals surface area (Å²) in [6, 6.07) is 5.66. The second-order valence-corrected chi connectivity index (χ2v) is 4.60. The first kappa shape index (κ1) is 12.9. The summed E-state index contributed by atoms with van der Waals surface area (Å²) in [5.74, 6) is -0.338. The van der Waals surface area contributed by atoms with Crippen LogP contribution < -0.4 is 4.74 Å². The zero-order chi connectivity index (χ0) is 13.9. The highest BCUT2D eigenvalue weighted by Gasteiger charge is 2.21. The summed E-state index contributed by atoms with van der Waals surface area (Å²) in [6.45, 7) is 3.55. The fourth-order valence-electron chi connectivity index (χ4n) is 2.14. The van der Waals surface area contributed by atoms with Gasteiger partial charge in [0.1, 0.15) is 6.10 Å². The Morgan fingerprint density at radius 3 is 3.20 bits per heavy atom. The molecule has 1 N–H and O–H groups in total. The van der Waals surface area contributed by atoms with E-state index in [4.69, 9.17) is 14.2 Å².